The number of carboxylic acid groups (broad SMARTS) is 1. The fraction of sp³-hybridized carbons (Fsp3) is 0.0500. The number of hydrogen-bond donors (Lipinski definition) is 2. The second kappa shape index (κ2) is 9.01. The average Bonchev–Trinajstić information content (AvgIpc) is 3.16. The van der Waals surface area contributed by atoms with Gasteiger partial charge in [-0.2, -0.15) is 5.10 Å². The van der Waals surface area contributed by atoms with Crippen LogP contribution in [0.15, 0.2) is 64.1 Å². The number of hydrazone groups is 1. The maximum Gasteiger partial charge on any atom is 0.337 e. The van der Waals surface area contributed by atoms with Crippen LogP contribution in [0, 0.1) is 10.1 Å². The quantitative estimate of drug-likeness (QED) is 0.333. The zero-order valence-corrected chi connectivity index (χ0v) is 16.0. The fourth-order valence-corrected chi connectivity index (χ4v) is 2.90. The highest BCUT2D eigenvalue weighted by Gasteiger charge is 2.15. The highest BCUT2D eigenvalue weighted by atomic mass is 35.5. The van der Waals surface area contributed by atoms with Gasteiger partial charge in [-0.05, 0) is 24.3 Å². The highest BCUT2D eigenvalue weighted by molar-refractivity contribution is 6.33. The molecule has 152 valence electrons. The Morgan fingerprint density at radius 3 is 2.67 bits per heavy atom. The van der Waals surface area contributed by atoms with E-state index in [1.807, 2.05) is 0 Å². The van der Waals surface area contributed by atoms with E-state index in [2.05, 4.69) is 10.5 Å². The number of nitro groups is 1. The molecule has 0 bridgehead atoms. The van der Waals surface area contributed by atoms with Gasteiger partial charge in [0, 0.05) is 17.2 Å². The second-order valence-electron chi connectivity index (χ2n) is 6.06. The third-order valence-electron chi connectivity index (χ3n) is 4.03. The van der Waals surface area contributed by atoms with E-state index >= 15 is 0 Å². The zero-order chi connectivity index (χ0) is 21.7. The van der Waals surface area contributed by atoms with Crippen molar-refractivity contribution in [2.75, 3.05) is 0 Å². The smallest absolute Gasteiger partial charge is 0.337 e. The highest BCUT2D eigenvalue weighted by Crippen LogP contribution is 2.27. The van der Waals surface area contributed by atoms with Gasteiger partial charge in [-0.15, -0.1) is 0 Å². The number of benzene rings is 2. The van der Waals surface area contributed by atoms with Crippen molar-refractivity contribution in [3.05, 3.63) is 86.6 Å². The number of hydrogen-bond acceptors (Lipinski definition) is 6. The van der Waals surface area contributed by atoms with Crippen molar-refractivity contribution in [3.63, 3.8) is 0 Å². The molecule has 2 aromatic carbocycles. The topological polar surface area (TPSA) is 135 Å². The van der Waals surface area contributed by atoms with Gasteiger partial charge < -0.3 is 9.52 Å². The summed E-state index contributed by atoms with van der Waals surface area (Å²) in [5, 5.41) is 23.9. The van der Waals surface area contributed by atoms with E-state index in [1.54, 1.807) is 24.3 Å². The van der Waals surface area contributed by atoms with Gasteiger partial charge in [0.15, 0.2) is 0 Å². The van der Waals surface area contributed by atoms with E-state index in [0.29, 0.717) is 17.1 Å². The maximum absolute atomic E-state index is 12.0. The molecular formula is C20H14ClN3O6. The molecule has 2 N–H and O–H groups in total. The zero-order valence-electron chi connectivity index (χ0n) is 15.2. The van der Waals surface area contributed by atoms with Crippen LogP contribution in [-0.2, 0) is 11.2 Å². The molecule has 0 aliphatic carbocycles. The molecule has 1 amide bonds. The Balaban J connectivity index is 1.64. The third-order valence-corrected chi connectivity index (χ3v) is 4.34. The monoisotopic (exact) mass is 427 g/mol. The molecule has 0 aliphatic heterocycles. The standard InChI is InChI=1S/C20H14ClN3O6/c21-16-9-13(5-7-15(16)20(26)27)18-8-6-14(30-18)11-22-23-19(25)10-12-3-1-2-4-17(12)24(28)29/h1-9,11H,10H2,(H,23,25)(H,26,27)/b22-11+. The van der Waals surface area contributed by atoms with E-state index in [4.69, 9.17) is 21.1 Å². The number of nitrogens with zero attached hydrogens (tertiary/aromatic N) is 2. The number of carboxylic acids is 1. The Bertz CT molecular complexity index is 1150. The van der Waals surface area contributed by atoms with E-state index in [0.717, 1.165) is 0 Å². The van der Waals surface area contributed by atoms with Gasteiger partial charge in [0.25, 0.3) is 5.69 Å². The van der Waals surface area contributed by atoms with Gasteiger partial charge in [0.1, 0.15) is 11.5 Å². The first-order valence-electron chi connectivity index (χ1n) is 8.52. The number of halogens is 1. The first-order valence-corrected chi connectivity index (χ1v) is 8.90. The Hall–Kier alpha value is -3.98. The minimum atomic E-state index is -1.13. The summed E-state index contributed by atoms with van der Waals surface area (Å²) in [6, 6.07) is 13.6. The normalized spacial score (nSPS) is 10.8. The fourth-order valence-electron chi connectivity index (χ4n) is 2.64. The number of amides is 1. The second-order valence-corrected chi connectivity index (χ2v) is 6.46. The van der Waals surface area contributed by atoms with Crippen LogP contribution in [-0.4, -0.2) is 28.1 Å². The predicted molar refractivity (Wildman–Crippen MR) is 109 cm³/mol. The molecule has 30 heavy (non-hydrogen) atoms. The van der Waals surface area contributed by atoms with Crippen molar-refractivity contribution in [1.29, 1.82) is 0 Å². The molecule has 0 saturated heterocycles. The average molecular weight is 428 g/mol. The molecule has 9 nitrogen and oxygen atoms in total. The van der Waals surface area contributed by atoms with Crippen molar-refractivity contribution >= 4 is 35.4 Å². The maximum atomic E-state index is 12.0. The molecule has 1 heterocycles. The summed E-state index contributed by atoms with van der Waals surface area (Å²) in [5.74, 6) is -0.894. The molecule has 0 atom stereocenters. The Morgan fingerprint density at radius 2 is 1.97 bits per heavy atom. The Morgan fingerprint density at radius 1 is 1.20 bits per heavy atom. The van der Waals surface area contributed by atoms with Crippen LogP contribution in [0.4, 0.5) is 5.69 Å². The first kappa shape index (κ1) is 20.7. The van der Waals surface area contributed by atoms with Crippen LogP contribution in [0.2, 0.25) is 5.02 Å². The predicted octanol–water partition coefficient (Wildman–Crippen LogP) is 3.90. The lowest BCUT2D eigenvalue weighted by Crippen LogP contribution is -2.20. The van der Waals surface area contributed by atoms with E-state index in [9.17, 15) is 19.7 Å². The van der Waals surface area contributed by atoms with Crippen LogP contribution in [0.1, 0.15) is 21.7 Å². The summed E-state index contributed by atoms with van der Waals surface area (Å²) < 4.78 is 5.58. The van der Waals surface area contributed by atoms with Gasteiger partial charge in [-0.25, -0.2) is 10.2 Å². The SMILES string of the molecule is O=C(Cc1ccccc1[N+](=O)[O-])N/N=C/c1ccc(-c2ccc(C(=O)O)c(Cl)c2)o1. The van der Waals surface area contributed by atoms with Crippen molar-refractivity contribution < 1.29 is 24.0 Å². The van der Waals surface area contributed by atoms with Gasteiger partial charge in [0.2, 0.25) is 5.91 Å². The van der Waals surface area contributed by atoms with Crippen molar-refractivity contribution in [2.45, 2.75) is 6.42 Å². The first-order chi connectivity index (χ1) is 14.3. The number of carbonyl (C=O) groups excluding carboxylic acids is 1. The van der Waals surface area contributed by atoms with Crippen molar-refractivity contribution in [2.24, 2.45) is 5.10 Å². The molecule has 0 unspecified atom stereocenters. The van der Waals surface area contributed by atoms with Crippen LogP contribution in [0.3, 0.4) is 0 Å². The summed E-state index contributed by atoms with van der Waals surface area (Å²) in [6.45, 7) is 0. The van der Waals surface area contributed by atoms with Crippen molar-refractivity contribution in [3.8, 4) is 11.3 Å². The van der Waals surface area contributed by atoms with Gasteiger partial charge in [-0.1, -0.05) is 35.9 Å². The number of aromatic carboxylic acids is 1. The van der Waals surface area contributed by atoms with Crippen LogP contribution in [0.25, 0.3) is 11.3 Å². The lowest BCUT2D eigenvalue weighted by molar-refractivity contribution is -0.385. The molecule has 10 heteroatoms. The summed E-state index contributed by atoms with van der Waals surface area (Å²) in [6.07, 6.45) is 1.07. The van der Waals surface area contributed by atoms with Crippen molar-refractivity contribution in [1.82, 2.24) is 5.43 Å². The van der Waals surface area contributed by atoms with Crippen LogP contribution >= 0.6 is 11.6 Å². The lowest BCUT2D eigenvalue weighted by atomic mass is 10.1. The van der Waals surface area contributed by atoms with E-state index < -0.39 is 16.8 Å². The molecule has 0 spiro atoms. The number of rotatable bonds is 7. The van der Waals surface area contributed by atoms with E-state index in [-0.39, 0.29) is 28.3 Å². The van der Waals surface area contributed by atoms with Gasteiger partial charge >= 0.3 is 5.97 Å². The van der Waals surface area contributed by atoms with Gasteiger partial charge in [-0.3, -0.25) is 14.9 Å². The van der Waals surface area contributed by atoms with Gasteiger partial charge in [0.05, 0.1) is 28.1 Å². The minimum absolute atomic E-state index is 0.0184. The number of nitro benzene ring substituents is 1. The lowest BCUT2D eigenvalue weighted by Gasteiger charge is -2.02. The summed E-state index contributed by atoms with van der Waals surface area (Å²) >= 11 is 5.96. The Kier molecular flexibility index (Phi) is 6.23. The number of furan rings is 1. The van der Waals surface area contributed by atoms with Crippen LogP contribution < -0.4 is 5.43 Å². The summed E-state index contributed by atoms with van der Waals surface area (Å²) in [7, 11) is 0. The number of nitrogens with one attached hydrogen (secondary N) is 1. The van der Waals surface area contributed by atoms with Crippen LogP contribution in [0.5, 0.6) is 0 Å². The van der Waals surface area contributed by atoms with E-state index in [1.165, 1.54) is 36.5 Å². The summed E-state index contributed by atoms with van der Waals surface area (Å²) in [4.78, 5) is 33.4. The third kappa shape index (κ3) is 4.89. The Labute approximate surface area is 174 Å². The molecule has 0 saturated carbocycles. The minimum Gasteiger partial charge on any atom is -0.478 e. The number of para-hydroxylation sites is 1. The molecule has 3 rings (SSSR count). The molecule has 0 aliphatic rings. The molecule has 0 radical (unpaired) electrons. The molecule has 1 aromatic heterocycles. The molecule has 0 fully saturated rings. The molecule has 3 aromatic rings. The number of carbonyl (C=O) groups is 2. The molecular weight excluding hydrogens is 414 g/mol. The largest absolute Gasteiger partial charge is 0.478 e. The summed E-state index contributed by atoms with van der Waals surface area (Å²) in [5.41, 5.74) is 2.98.